The van der Waals surface area contributed by atoms with Crippen molar-refractivity contribution >= 4 is 17.8 Å². The Balaban J connectivity index is 1.89. The SMILES string of the molecule is CN1CC(C(=O)N2CCc3ccccc3C2C(=O)O)CC1=O. The molecule has 1 aromatic carbocycles. The summed E-state index contributed by atoms with van der Waals surface area (Å²) in [6, 6.07) is 6.37. The molecular formula is C16H18N2O4. The third-order valence-electron chi connectivity index (χ3n) is 4.49. The first-order valence-corrected chi connectivity index (χ1v) is 7.34. The monoisotopic (exact) mass is 302 g/mol. The molecule has 1 fully saturated rings. The molecule has 2 aliphatic rings. The molecule has 1 N–H and O–H groups in total. The van der Waals surface area contributed by atoms with Crippen LogP contribution in [0.15, 0.2) is 24.3 Å². The van der Waals surface area contributed by atoms with Gasteiger partial charge in [-0.05, 0) is 17.5 Å². The molecule has 1 saturated heterocycles. The van der Waals surface area contributed by atoms with Crippen molar-refractivity contribution < 1.29 is 19.5 Å². The summed E-state index contributed by atoms with van der Waals surface area (Å²) >= 11 is 0. The Morgan fingerprint density at radius 1 is 1.27 bits per heavy atom. The molecule has 6 nitrogen and oxygen atoms in total. The van der Waals surface area contributed by atoms with Gasteiger partial charge in [0.15, 0.2) is 6.04 Å². The normalized spacial score (nSPS) is 24.3. The first-order chi connectivity index (χ1) is 10.5. The standard InChI is InChI=1S/C16H18N2O4/c1-17-9-11(8-13(17)19)15(20)18-7-6-10-4-2-3-5-12(10)14(18)16(21)22/h2-5,11,14H,6-9H2,1H3,(H,21,22). The van der Waals surface area contributed by atoms with Crippen molar-refractivity contribution in [1.29, 1.82) is 0 Å². The summed E-state index contributed by atoms with van der Waals surface area (Å²) in [5.74, 6) is -1.77. The fraction of sp³-hybridized carbons (Fsp3) is 0.438. The fourth-order valence-corrected chi connectivity index (χ4v) is 3.33. The van der Waals surface area contributed by atoms with Crippen LogP contribution < -0.4 is 0 Å². The van der Waals surface area contributed by atoms with Gasteiger partial charge in [-0.25, -0.2) is 4.79 Å². The molecular weight excluding hydrogens is 284 g/mol. The van der Waals surface area contributed by atoms with Gasteiger partial charge in [0, 0.05) is 26.6 Å². The van der Waals surface area contributed by atoms with Crippen LogP contribution in [-0.4, -0.2) is 52.8 Å². The van der Waals surface area contributed by atoms with E-state index in [9.17, 15) is 19.5 Å². The lowest BCUT2D eigenvalue weighted by Crippen LogP contribution is -2.46. The molecule has 0 saturated carbocycles. The molecule has 3 rings (SSSR count). The van der Waals surface area contributed by atoms with E-state index in [0.29, 0.717) is 25.1 Å². The number of aliphatic carboxylic acids is 1. The van der Waals surface area contributed by atoms with Crippen LogP contribution in [0.3, 0.4) is 0 Å². The van der Waals surface area contributed by atoms with Crippen molar-refractivity contribution in [1.82, 2.24) is 9.80 Å². The smallest absolute Gasteiger partial charge is 0.331 e. The Morgan fingerprint density at radius 3 is 2.64 bits per heavy atom. The molecule has 0 spiro atoms. The molecule has 2 heterocycles. The van der Waals surface area contributed by atoms with Gasteiger partial charge in [-0.1, -0.05) is 24.3 Å². The molecule has 116 valence electrons. The zero-order valence-electron chi connectivity index (χ0n) is 12.4. The summed E-state index contributed by atoms with van der Waals surface area (Å²) in [5, 5.41) is 9.58. The fourth-order valence-electron chi connectivity index (χ4n) is 3.33. The van der Waals surface area contributed by atoms with Crippen LogP contribution in [-0.2, 0) is 20.8 Å². The number of hydrogen-bond donors (Lipinski definition) is 1. The van der Waals surface area contributed by atoms with Gasteiger partial charge in [0.05, 0.1) is 5.92 Å². The number of carbonyl (C=O) groups excluding carboxylic acids is 2. The van der Waals surface area contributed by atoms with Crippen molar-refractivity contribution in [2.24, 2.45) is 5.92 Å². The number of rotatable bonds is 2. The zero-order valence-corrected chi connectivity index (χ0v) is 12.4. The Kier molecular flexibility index (Phi) is 3.60. The summed E-state index contributed by atoms with van der Waals surface area (Å²) in [5.41, 5.74) is 1.64. The van der Waals surface area contributed by atoms with Crippen molar-refractivity contribution in [2.45, 2.75) is 18.9 Å². The van der Waals surface area contributed by atoms with Crippen molar-refractivity contribution in [3.63, 3.8) is 0 Å². The van der Waals surface area contributed by atoms with Crippen LogP contribution in [0.4, 0.5) is 0 Å². The van der Waals surface area contributed by atoms with E-state index < -0.39 is 17.9 Å². The third kappa shape index (κ3) is 2.34. The molecule has 6 heteroatoms. The second kappa shape index (κ2) is 5.44. The van der Waals surface area contributed by atoms with Crippen molar-refractivity contribution in [3.8, 4) is 0 Å². The topological polar surface area (TPSA) is 77.9 Å². The van der Waals surface area contributed by atoms with E-state index >= 15 is 0 Å². The molecule has 2 unspecified atom stereocenters. The summed E-state index contributed by atoms with van der Waals surface area (Å²) in [6.45, 7) is 0.739. The van der Waals surface area contributed by atoms with E-state index in [0.717, 1.165) is 5.56 Å². The maximum Gasteiger partial charge on any atom is 0.331 e. The first kappa shape index (κ1) is 14.6. The number of carboxylic acid groups (broad SMARTS) is 1. The minimum Gasteiger partial charge on any atom is -0.479 e. The highest BCUT2D eigenvalue weighted by molar-refractivity contribution is 5.92. The molecule has 1 aromatic rings. The molecule has 2 atom stereocenters. The largest absolute Gasteiger partial charge is 0.479 e. The highest BCUT2D eigenvalue weighted by atomic mass is 16.4. The summed E-state index contributed by atoms with van der Waals surface area (Å²) in [7, 11) is 1.66. The number of carboxylic acids is 1. The molecule has 0 radical (unpaired) electrons. The van der Waals surface area contributed by atoms with Crippen LogP contribution in [0.25, 0.3) is 0 Å². The average Bonchev–Trinajstić information content (AvgIpc) is 2.84. The van der Waals surface area contributed by atoms with Crippen LogP contribution in [0.2, 0.25) is 0 Å². The Morgan fingerprint density at radius 2 is 2.00 bits per heavy atom. The third-order valence-corrected chi connectivity index (χ3v) is 4.49. The number of hydrogen-bond acceptors (Lipinski definition) is 3. The van der Waals surface area contributed by atoms with Gasteiger partial charge in [0.1, 0.15) is 0 Å². The number of likely N-dealkylation sites (tertiary alicyclic amines) is 1. The second-order valence-electron chi connectivity index (χ2n) is 5.90. The molecule has 0 bridgehead atoms. The summed E-state index contributed by atoms with van der Waals surface area (Å²) in [4.78, 5) is 39.0. The predicted molar refractivity (Wildman–Crippen MR) is 78.0 cm³/mol. The van der Waals surface area contributed by atoms with Gasteiger partial charge in [0.25, 0.3) is 0 Å². The van der Waals surface area contributed by atoms with E-state index in [2.05, 4.69) is 0 Å². The Hall–Kier alpha value is -2.37. The number of fused-ring (bicyclic) bond motifs is 1. The van der Waals surface area contributed by atoms with Crippen molar-refractivity contribution in [2.75, 3.05) is 20.1 Å². The molecule has 0 aliphatic carbocycles. The minimum atomic E-state index is -1.03. The van der Waals surface area contributed by atoms with Gasteiger partial charge in [-0.3, -0.25) is 9.59 Å². The van der Waals surface area contributed by atoms with E-state index in [1.807, 2.05) is 12.1 Å². The van der Waals surface area contributed by atoms with Crippen LogP contribution >= 0.6 is 0 Å². The lowest BCUT2D eigenvalue weighted by Gasteiger charge is -2.36. The van der Waals surface area contributed by atoms with Gasteiger partial charge in [0.2, 0.25) is 11.8 Å². The van der Waals surface area contributed by atoms with Crippen LogP contribution in [0, 0.1) is 5.92 Å². The Labute approximate surface area is 128 Å². The number of benzene rings is 1. The predicted octanol–water partition coefficient (Wildman–Crippen LogP) is 0.675. The van der Waals surface area contributed by atoms with Gasteiger partial charge < -0.3 is 14.9 Å². The lowest BCUT2D eigenvalue weighted by atomic mass is 9.91. The summed E-state index contributed by atoms with van der Waals surface area (Å²) in [6.07, 6.45) is 0.808. The van der Waals surface area contributed by atoms with E-state index in [4.69, 9.17) is 0 Å². The average molecular weight is 302 g/mol. The van der Waals surface area contributed by atoms with E-state index in [1.165, 1.54) is 9.80 Å². The lowest BCUT2D eigenvalue weighted by molar-refractivity contribution is -0.153. The maximum absolute atomic E-state index is 12.7. The van der Waals surface area contributed by atoms with E-state index in [1.54, 1.807) is 19.2 Å². The minimum absolute atomic E-state index is 0.0670. The van der Waals surface area contributed by atoms with Crippen molar-refractivity contribution in [3.05, 3.63) is 35.4 Å². The number of carbonyl (C=O) groups is 3. The van der Waals surface area contributed by atoms with Gasteiger partial charge >= 0.3 is 5.97 Å². The van der Waals surface area contributed by atoms with Crippen LogP contribution in [0.1, 0.15) is 23.6 Å². The molecule has 2 aliphatic heterocycles. The van der Waals surface area contributed by atoms with Crippen LogP contribution in [0.5, 0.6) is 0 Å². The van der Waals surface area contributed by atoms with Gasteiger partial charge in [-0.2, -0.15) is 0 Å². The van der Waals surface area contributed by atoms with Gasteiger partial charge in [-0.15, -0.1) is 0 Å². The molecule has 2 amide bonds. The molecule has 0 aromatic heterocycles. The molecule has 22 heavy (non-hydrogen) atoms. The highest BCUT2D eigenvalue weighted by Gasteiger charge is 2.41. The van der Waals surface area contributed by atoms with E-state index in [-0.39, 0.29) is 18.2 Å². The highest BCUT2D eigenvalue weighted by Crippen LogP contribution is 2.32. The number of nitrogens with zero attached hydrogens (tertiary/aromatic N) is 2. The summed E-state index contributed by atoms with van der Waals surface area (Å²) < 4.78 is 0. The Bertz CT molecular complexity index is 643. The second-order valence-corrected chi connectivity index (χ2v) is 5.90. The first-order valence-electron chi connectivity index (χ1n) is 7.34. The maximum atomic E-state index is 12.7. The quantitative estimate of drug-likeness (QED) is 0.871. The zero-order chi connectivity index (χ0) is 15.9. The number of amides is 2.